The van der Waals surface area contributed by atoms with Crippen LogP contribution >= 0.6 is 0 Å². The van der Waals surface area contributed by atoms with Crippen LogP contribution in [0.5, 0.6) is 5.75 Å². The average Bonchev–Trinajstić information content (AvgIpc) is 2.55. The number of rotatable bonds is 5. The van der Waals surface area contributed by atoms with E-state index in [4.69, 9.17) is 4.74 Å². The predicted octanol–water partition coefficient (Wildman–Crippen LogP) is 3.15. The minimum absolute atomic E-state index is 0.438. The summed E-state index contributed by atoms with van der Waals surface area (Å²) in [6.45, 7) is 3.62. The SMILES string of the molecule is COc1ccc(C)cc1N[C@@H](C)C(=O)NC(=O)Nc1ccccc1. The molecule has 0 unspecified atom stereocenters. The molecule has 0 radical (unpaired) electrons. The molecular formula is C18H21N3O3. The lowest BCUT2D eigenvalue weighted by molar-refractivity contribution is -0.120. The lowest BCUT2D eigenvalue weighted by Crippen LogP contribution is -2.43. The first kappa shape index (κ1) is 17.3. The van der Waals surface area contributed by atoms with E-state index in [1.54, 1.807) is 38.3 Å². The number of methoxy groups -OCH3 is 1. The highest BCUT2D eigenvalue weighted by molar-refractivity contribution is 6.03. The van der Waals surface area contributed by atoms with Crippen LogP contribution < -0.4 is 20.7 Å². The number of aryl methyl sites for hydroxylation is 1. The number of ether oxygens (including phenoxy) is 1. The van der Waals surface area contributed by atoms with Gasteiger partial charge in [0.15, 0.2) is 0 Å². The second kappa shape index (κ2) is 8.01. The van der Waals surface area contributed by atoms with Crippen molar-refractivity contribution in [2.24, 2.45) is 0 Å². The standard InChI is InChI=1S/C18H21N3O3/c1-12-9-10-16(24-3)15(11-12)19-13(2)17(22)21-18(23)20-14-7-5-4-6-8-14/h4-11,13,19H,1-3H3,(H2,20,21,22,23)/t13-/m0/s1. The Morgan fingerprint density at radius 1 is 1.08 bits per heavy atom. The molecule has 3 N–H and O–H groups in total. The summed E-state index contributed by atoms with van der Waals surface area (Å²) < 4.78 is 5.27. The molecule has 0 heterocycles. The highest BCUT2D eigenvalue weighted by atomic mass is 16.5. The third kappa shape index (κ3) is 4.74. The maximum atomic E-state index is 12.2. The first-order valence-corrected chi connectivity index (χ1v) is 7.57. The van der Waals surface area contributed by atoms with Gasteiger partial charge in [0.2, 0.25) is 5.91 Å². The number of carbonyl (C=O) groups is 2. The van der Waals surface area contributed by atoms with Crippen LogP contribution in [0.4, 0.5) is 16.2 Å². The van der Waals surface area contributed by atoms with Gasteiger partial charge >= 0.3 is 6.03 Å². The van der Waals surface area contributed by atoms with E-state index >= 15 is 0 Å². The molecule has 6 heteroatoms. The highest BCUT2D eigenvalue weighted by Crippen LogP contribution is 2.25. The van der Waals surface area contributed by atoms with Crippen molar-refractivity contribution in [2.45, 2.75) is 19.9 Å². The molecular weight excluding hydrogens is 306 g/mol. The highest BCUT2D eigenvalue weighted by Gasteiger charge is 2.17. The topological polar surface area (TPSA) is 79.5 Å². The first-order chi connectivity index (χ1) is 11.5. The van der Waals surface area contributed by atoms with E-state index < -0.39 is 18.0 Å². The fourth-order valence-electron chi connectivity index (χ4n) is 2.14. The fourth-order valence-corrected chi connectivity index (χ4v) is 2.14. The van der Waals surface area contributed by atoms with E-state index in [0.29, 0.717) is 17.1 Å². The van der Waals surface area contributed by atoms with Gasteiger partial charge in [-0.25, -0.2) is 4.79 Å². The molecule has 0 aliphatic carbocycles. The molecule has 2 aromatic carbocycles. The molecule has 2 rings (SSSR count). The van der Waals surface area contributed by atoms with E-state index in [0.717, 1.165) is 5.56 Å². The summed E-state index contributed by atoms with van der Waals surface area (Å²) in [6, 6.07) is 13.4. The Kier molecular flexibility index (Phi) is 5.78. The van der Waals surface area contributed by atoms with Gasteiger partial charge in [-0.2, -0.15) is 0 Å². The molecule has 0 fully saturated rings. The van der Waals surface area contributed by atoms with Crippen molar-refractivity contribution in [3.8, 4) is 5.75 Å². The largest absolute Gasteiger partial charge is 0.495 e. The van der Waals surface area contributed by atoms with Crippen molar-refractivity contribution in [2.75, 3.05) is 17.7 Å². The van der Waals surface area contributed by atoms with Crippen molar-refractivity contribution in [1.82, 2.24) is 5.32 Å². The van der Waals surface area contributed by atoms with Crippen LogP contribution in [0.2, 0.25) is 0 Å². The van der Waals surface area contributed by atoms with E-state index in [1.165, 1.54) is 0 Å². The summed E-state index contributed by atoms with van der Waals surface area (Å²) in [5.41, 5.74) is 2.35. The van der Waals surface area contributed by atoms with Crippen LogP contribution in [0.1, 0.15) is 12.5 Å². The van der Waals surface area contributed by atoms with E-state index in [9.17, 15) is 9.59 Å². The second-order valence-corrected chi connectivity index (χ2v) is 5.38. The molecule has 3 amide bonds. The first-order valence-electron chi connectivity index (χ1n) is 7.57. The molecule has 6 nitrogen and oxygen atoms in total. The molecule has 0 bridgehead atoms. The molecule has 0 aliphatic rings. The van der Waals surface area contributed by atoms with Crippen LogP contribution in [0.3, 0.4) is 0 Å². The Bertz CT molecular complexity index is 717. The zero-order valence-corrected chi connectivity index (χ0v) is 13.9. The number of hydrogen-bond donors (Lipinski definition) is 3. The van der Waals surface area contributed by atoms with Crippen molar-refractivity contribution in [1.29, 1.82) is 0 Å². The molecule has 0 saturated carbocycles. The van der Waals surface area contributed by atoms with Gasteiger partial charge in [0.05, 0.1) is 12.8 Å². The van der Waals surface area contributed by atoms with Gasteiger partial charge < -0.3 is 15.4 Å². The Morgan fingerprint density at radius 2 is 1.79 bits per heavy atom. The van der Waals surface area contributed by atoms with Gasteiger partial charge in [-0.15, -0.1) is 0 Å². The minimum atomic E-state index is -0.609. The summed E-state index contributed by atoms with van der Waals surface area (Å²) in [4.78, 5) is 24.0. The number of benzene rings is 2. The smallest absolute Gasteiger partial charge is 0.325 e. The van der Waals surface area contributed by atoms with Crippen molar-refractivity contribution in [3.05, 3.63) is 54.1 Å². The van der Waals surface area contributed by atoms with Gasteiger partial charge in [-0.05, 0) is 43.7 Å². The summed E-state index contributed by atoms with van der Waals surface area (Å²) in [6.07, 6.45) is 0. The number of amides is 3. The zero-order chi connectivity index (χ0) is 17.5. The fraction of sp³-hybridized carbons (Fsp3) is 0.222. The van der Waals surface area contributed by atoms with E-state index in [1.807, 2.05) is 31.2 Å². The molecule has 2 aromatic rings. The van der Waals surface area contributed by atoms with Gasteiger partial charge in [-0.1, -0.05) is 24.3 Å². The van der Waals surface area contributed by atoms with E-state index in [2.05, 4.69) is 16.0 Å². The van der Waals surface area contributed by atoms with Crippen molar-refractivity contribution < 1.29 is 14.3 Å². The molecule has 24 heavy (non-hydrogen) atoms. The lowest BCUT2D eigenvalue weighted by Gasteiger charge is -2.17. The van der Waals surface area contributed by atoms with Crippen LogP contribution in [0.15, 0.2) is 48.5 Å². The molecule has 0 aromatic heterocycles. The number of imide groups is 1. The third-order valence-electron chi connectivity index (χ3n) is 3.39. The van der Waals surface area contributed by atoms with Gasteiger partial charge in [0, 0.05) is 5.69 Å². The Balaban J connectivity index is 1.95. The van der Waals surface area contributed by atoms with Gasteiger partial charge in [0.25, 0.3) is 0 Å². The zero-order valence-electron chi connectivity index (χ0n) is 13.9. The summed E-state index contributed by atoms with van der Waals surface area (Å²) >= 11 is 0. The Hall–Kier alpha value is -3.02. The third-order valence-corrected chi connectivity index (χ3v) is 3.39. The maximum Gasteiger partial charge on any atom is 0.325 e. The predicted molar refractivity (Wildman–Crippen MR) is 94.4 cm³/mol. The normalized spacial score (nSPS) is 11.3. The number of carbonyl (C=O) groups excluding carboxylic acids is 2. The molecule has 0 aliphatic heterocycles. The lowest BCUT2D eigenvalue weighted by atomic mass is 10.2. The maximum absolute atomic E-state index is 12.2. The summed E-state index contributed by atoms with van der Waals surface area (Å²) in [5.74, 6) is 0.195. The number of urea groups is 1. The van der Waals surface area contributed by atoms with Gasteiger partial charge in [-0.3, -0.25) is 10.1 Å². The Morgan fingerprint density at radius 3 is 2.46 bits per heavy atom. The van der Waals surface area contributed by atoms with Crippen LogP contribution in [-0.4, -0.2) is 25.1 Å². The van der Waals surface area contributed by atoms with Crippen LogP contribution in [0.25, 0.3) is 0 Å². The monoisotopic (exact) mass is 327 g/mol. The number of para-hydroxylation sites is 1. The molecule has 1 atom stereocenters. The van der Waals surface area contributed by atoms with Crippen LogP contribution in [-0.2, 0) is 4.79 Å². The van der Waals surface area contributed by atoms with E-state index in [-0.39, 0.29) is 0 Å². The minimum Gasteiger partial charge on any atom is -0.495 e. The second-order valence-electron chi connectivity index (χ2n) is 5.38. The molecule has 0 spiro atoms. The quantitative estimate of drug-likeness (QED) is 0.788. The van der Waals surface area contributed by atoms with Gasteiger partial charge in [0.1, 0.15) is 11.8 Å². The number of hydrogen-bond acceptors (Lipinski definition) is 4. The van der Waals surface area contributed by atoms with Crippen molar-refractivity contribution in [3.63, 3.8) is 0 Å². The summed E-state index contributed by atoms with van der Waals surface area (Å²) in [7, 11) is 1.56. The number of nitrogens with one attached hydrogen (secondary N) is 3. The molecule has 126 valence electrons. The average molecular weight is 327 g/mol. The van der Waals surface area contributed by atoms with Crippen LogP contribution in [0, 0.1) is 6.92 Å². The summed E-state index contributed by atoms with van der Waals surface area (Å²) in [5, 5.41) is 7.96. The molecule has 0 saturated heterocycles. The number of anilines is 2. The van der Waals surface area contributed by atoms with Crippen molar-refractivity contribution >= 4 is 23.3 Å². The Labute approximate surface area is 141 Å².